The summed E-state index contributed by atoms with van der Waals surface area (Å²) in [4.78, 5) is 26.1. The number of benzene rings is 2. The third-order valence-electron chi connectivity index (χ3n) is 6.33. The van der Waals surface area contributed by atoms with Crippen LogP contribution in [-0.2, 0) is 20.1 Å². The van der Waals surface area contributed by atoms with Crippen LogP contribution in [0.15, 0.2) is 65.8 Å². The number of aromatic nitrogens is 4. The highest BCUT2D eigenvalue weighted by atomic mass is 19.4. The lowest BCUT2D eigenvalue weighted by molar-refractivity contribution is -0.141. The molecule has 12 heteroatoms. The van der Waals surface area contributed by atoms with Crippen LogP contribution in [0, 0.1) is 11.7 Å². The van der Waals surface area contributed by atoms with Crippen molar-refractivity contribution in [1.29, 1.82) is 0 Å². The van der Waals surface area contributed by atoms with E-state index in [-0.39, 0.29) is 6.54 Å². The van der Waals surface area contributed by atoms with Gasteiger partial charge in [-0.2, -0.15) is 13.2 Å². The summed E-state index contributed by atoms with van der Waals surface area (Å²) >= 11 is 0. The quantitative estimate of drug-likeness (QED) is 0.197. The summed E-state index contributed by atoms with van der Waals surface area (Å²) in [6.07, 6.45) is -1.18. The molecule has 2 N–H and O–H groups in total. The van der Waals surface area contributed by atoms with Gasteiger partial charge in [0.1, 0.15) is 24.3 Å². The second-order valence-corrected chi connectivity index (χ2v) is 10.2. The number of nitrogens with one attached hydrogen (secondary N) is 2. The number of hydrogen-bond acceptors (Lipinski definition) is 5. The van der Waals surface area contributed by atoms with E-state index in [0.717, 1.165) is 12.6 Å². The summed E-state index contributed by atoms with van der Waals surface area (Å²) in [7, 11) is 1.72. The van der Waals surface area contributed by atoms with E-state index in [4.69, 9.17) is 0 Å². The zero-order chi connectivity index (χ0) is 29.7. The molecule has 0 radical (unpaired) electrons. The van der Waals surface area contributed by atoms with E-state index < -0.39 is 35.6 Å². The SMILES string of the molecule is CC(C)CCNCc1cc(C(=O)Nc2cccc(-c3ccc(F)cc3-c3nncn3C)c2)c(=O)n(CC(F)(F)F)c1. The first-order valence-electron chi connectivity index (χ1n) is 13.0. The number of amides is 1. The standard InChI is InChI=1S/C29H30F4N6O2/c1-18(2)9-10-34-14-19-11-25(28(41)39(15-19)16-29(31,32)33)27(40)36-22-6-4-5-20(12-22)23-8-7-21(30)13-24(23)26-37-35-17-38(26)3/h4-8,11-13,15,17-18,34H,9-10,14,16H2,1-3H3,(H,36,40). The van der Waals surface area contributed by atoms with E-state index in [0.29, 0.717) is 50.8 Å². The maximum Gasteiger partial charge on any atom is 0.406 e. The van der Waals surface area contributed by atoms with Gasteiger partial charge in [-0.15, -0.1) is 10.2 Å². The average molecular weight is 571 g/mol. The molecule has 216 valence electrons. The Morgan fingerprint density at radius 3 is 2.54 bits per heavy atom. The lowest BCUT2D eigenvalue weighted by Gasteiger charge is -2.15. The topological polar surface area (TPSA) is 93.8 Å². The summed E-state index contributed by atoms with van der Waals surface area (Å²) < 4.78 is 55.9. The molecule has 0 spiro atoms. The van der Waals surface area contributed by atoms with Crippen LogP contribution in [-0.4, -0.2) is 38.0 Å². The second-order valence-electron chi connectivity index (χ2n) is 10.2. The monoisotopic (exact) mass is 570 g/mol. The van der Waals surface area contributed by atoms with Crippen LogP contribution < -0.4 is 16.2 Å². The van der Waals surface area contributed by atoms with Crippen molar-refractivity contribution in [2.24, 2.45) is 13.0 Å². The third kappa shape index (κ3) is 7.66. The van der Waals surface area contributed by atoms with Gasteiger partial charge < -0.3 is 19.8 Å². The summed E-state index contributed by atoms with van der Waals surface area (Å²) in [5.41, 5.74) is 0.897. The fourth-order valence-electron chi connectivity index (χ4n) is 4.33. The normalized spacial score (nSPS) is 11.7. The molecule has 0 bridgehead atoms. The zero-order valence-corrected chi connectivity index (χ0v) is 22.8. The van der Waals surface area contributed by atoms with E-state index in [1.54, 1.807) is 41.9 Å². The predicted octanol–water partition coefficient (Wildman–Crippen LogP) is 5.40. The average Bonchev–Trinajstić information content (AvgIpc) is 3.33. The molecule has 8 nitrogen and oxygen atoms in total. The van der Waals surface area contributed by atoms with Gasteiger partial charge in [-0.25, -0.2) is 4.39 Å². The number of rotatable bonds is 10. The molecule has 0 fully saturated rings. The summed E-state index contributed by atoms with van der Waals surface area (Å²) in [6.45, 7) is 3.40. The molecule has 0 aliphatic rings. The first-order valence-corrected chi connectivity index (χ1v) is 13.0. The Morgan fingerprint density at radius 1 is 1.07 bits per heavy atom. The highest BCUT2D eigenvalue weighted by molar-refractivity contribution is 6.04. The number of hydrogen-bond donors (Lipinski definition) is 2. The third-order valence-corrected chi connectivity index (χ3v) is 6.33. The van der Waals surface area contributed by atoms with Gasteiger partial charge in [-0.3, -0.25) is 9.59 Å². The van der Waals surface area contributed by atoms with Gasteiger partial charge >= 0.3 is 6.18 Å². The van der Waals surface area contributed by atoms with Crippen molar-refractivity contribution in [1.82, 2.24) is 24.6 Å². The highest BCUT2D eigenvalue weighted by Gasteiger charge is 2.29. The highest BCUT2D eigenvalue weighted by Crippen LogP contribution is 2.33. The molecule has 2 aromatic carbocycles. The van der Waals surface area contributed by atoms with Gasteiger partial charge in [0.25, 0.3) is 11.5 Å². The lowest BCUT2D eigenvalue weighted by atomic mass is 9.98. The molecule has 0 saturated carbocycles. The van der Waals surface area contributed by atoms with Gasteiger partial charge in [0.15, 0.2) is 5.82 Å². The van der Waals surface area contributed by atoms with Crippen molar-refractivity contribution in [3.63, 3.8) is 0 Å². The second kappa shape index (κ2) is 12.5. The van der Waals surface area contributed by atoms with Crippen molar-refractivity contribution >= 4 is 11.6 Å². The van der Waals surface area contributed by atoms with Crippen LogP contribution in [0.4, 0.5) is 23.2 Å². The molecule has 0 unspecified atom stereocenters. The molecular weight excluding hydrogens is 540 g/mol. The number of carbonyl (C=O) groups excluding carboxylic acids is 1. The van der Waals surface area contributed by atoms with E-state index in [2.05, 4.69) is 34.7 Å². The summed E-state index contributed by atoms with van der Waals surface area (Å²) in [6, 6.07) is 12.1. The van der Waals surface area contributed by atoms with E-state index in [1.807, 2.05) is 0 Å². The Bertz CT molecular complexity index is 1590. The molecule has 41 heavy (non-hydrogen) atoms. The smallest absolute Gasteiger partial charge is 0.322 e. The fraction of sp³-hybridized carbons (Fsp3) is 0.310. The Labute approximate surface area is 234 Å². The van der Waals surface area contributed by atoms with Gasteiger partial charge in [-0.05, 0) is 65.9 Å². The minimum atomic E-state index is -4.65. The van der Waals surface area contributed by atoms with E-state index in [9.17, 15) is 27.2 Å². The van der Waals surface area contributed by atoms with E-state index in [1.165, 1.54) is 24.5 Å². The maximum absolute atomic E-state index is 14.1. The van der Waals surface area contributed by atoms with Gasteiger partial charge in [0.05, 0.1) is 0 Å². The Morgan fingerprint density at radius 2 is 1.85 bits per heavy atom. The molecule has 2 heterocycles. The van der Waals surface area contributed by atoms with Crippen LogP contribution in [0.3, 0.4) is 0 Å². The molecule has 4 aromatic rings. The van der Waals surface area contributed by atoms with Crippen LogP contribution >= 0.6 is 0 Å². The number of alkyl halides is 3. The molecule has 2 aromatic heterocycles. The Hall–Kier alpha value is -4.32. The van der Waals surface area contributed by atoms with Crippen LogP contribution in [0.25, 0.3) is 22.5 Å². The van der Waals surface area contributed by atoms with Gasteiger partial charge in [0, 0.05) is 31.0 Å². The number of anilines is 1. The molecule has 0 atom stereocenters. The Kier molecular flexibility index (Phi) is 9.01. The molecule has 0 saturated heterocycles. The number of carbonyl (C=O) groups is 1. The fourth-order valence-corrected chi connectivity index (χ4v) is 4.33. The number of aryl methyl sites for hydroxylation is 1. The molecule has 4 rings (SSSR count). The first kappa shape index (κ1) is 29.7. The van der Waals surface area contributed by atoms with E-state index >= 15 is 0 Å². The minimum Gasteiger partial charge on any atom is -0.322 e. The molecule has 0 aliphatic carbocycles. The van der Waals surface area contributed by atoms with Crippen LogP contribution in [0.2, 0.25) is 0 Å². The van der Waals surface area contributed by atoms with Gasteiger partial charge in [0.2, 0.25) is 0 Å². The first-order chi connectivity index (χ1) is 19.4. The van der Waals surface area contributed by atoms with Crippen molar-refractivity contribution < 1.29 is 22.4 Å². The zero-order valence-electron chi connectivity index (χ0n) is 22.8. The largest absolute Gasteiger partial charge is 0.406 e. The summed E-state index contributed by atoms with van der Waals surface area (Å²) in [5.74, 6) is -0.451. The van der Waals surface area contributed by atoms with Crippen molar-refractivity contribution in [2.45, 2.75) is 39.5 Å². The van der Waals surface area contributed by atoms with Crippen molar-refractivity contribution in [2.75, 3.05) is 11.9 Å². The number of pyridine rings is 1. The van der Waals surface area contributed by atoms with Gasteiger partial charge in [-0.1, -0.05) is 32.0 Å². The van der Waals surface area contributed by atoms with Crippen molar-refractivity contribution in [3.8, 4) is 22.5 Å². The molecule has 1 amide bonds. The lowest BCUT2D eigenvalue weighted by Crippen LogP contribution is -2.34. The Balaban J connectivity index is 1.64. The minimum absolute atomic E-state index is 0.190. The maximum atomic E-state index is 14.1. The summed E-state index contributed by atoms with van der Waals surface area (Å²) in [5, 5.41) is 13.7. The molecule has 0 aliphatic heterocycles. The van der Waals surface area contributed by atoms with Crippen LogP contribution in [0.5, 0.6) is 0 Å². The molecular formula is C29H30F4N6O2. The number of nitrogens with zero attached hydrogens (tertiary/aromatic N) is 4. The van der Waals surface area contributed by atoms with Crippen molar-refractivity contribution in [3.05, 3.63) is 88.4 Å². The predicted molar refractivity (Wildman–Crippen MR) is 148 cm³/mol. The van der Waals surface area contributed by atoms with Crippen LogP contribution in [0.1, 0.15) is 36.2 Å². The number of halogens is 4.